The van der Waals surface area contributed by atoms with Crippen LogP contribution in [-0.4, -0.2) is 15.7 Å². The van der Waals surface area contributed by atoms with Crippen molar-refractivity contribution in [3.05, 3.63) is 102 Å². The maximum atomic E-state index is 12.8. The molecule has 1 heterocycles. The molecule has 0 spiro atoms. The largest absolute Gasteiger partial charge is 0.471 e. The van der Waals surface area contributed by atoms with Gasteiger partial charge in [0, 0.05) is 16.0 Å². The third-order valence-corrected chi connectivity index (χ3v) is 5.62. The first kappa shape index (κ1) is 20.8. The fraction of sp³-hybridized carbons (Fsp3) is 0.120. The lowest BCUT2D eigenvalue weighted by atomic mass is 10.1. The van der Waals surface area contributed by atoms with E-state index >= 15 is 0 Å². The number of para-hydroxylation sites is 1. The van der Waals surface area contributed by atoms with Crippen molar-refractivity contribution in [1.82, 2.24) is 9.78 Å². The van der Waals surface area contributed by atoms with Gasteiger partial charge in [0.1, 0.15) is 5.75 Å². The van der Waals surface area contributed by atoms with Gasteiger partial charge in [0.05, 0.1) is 5.69 Å². The highest BCUT2D eigenvalue weighted by molar-refractivity contribution is 7.99. The van der Waals surface area contributed by atoms with Gasteiger partial charge in [-0.15, -0.1) is 0 Å². The Morgan fingerprint density at radius 2 is 1.68 bits per heavy atom. The molecule has 6 heteroatoms. The van der Waals surface area contributed by atoms with Crippen LogP contribution in [0.3, 0.4) is 0 Å². The lowest BCUT2D eigenvalue weighted by Gasteiger charge is -2.10. The van der Waals surface area contributed by atoms with Crippen LogP contribution in [0.5, 0.6) is 5.75 Å². The van der Waals surface area contributed by atoms with Crippen molar-refractivity contribution >= 4 is 23.4 Å². The summed E-state index contributed by atoms with van der Waals surface area (Å²) in [6, 6.07) is 25.5. The molecular formula is C25H23N3O2S. The molecule has 4 aromatic rings. The standard InChI is InChI=1S/C25H23N3O2S/c1-18-14-19(2)16-20(15-18)30-17-28-13-12-23(27-28)25(29)26-22-10-6-7-11-24(22)31-21-8-4-3-5-9-21/h3-16H,17H2,1-2H3,(H,26,29). The summed E-state index contributed by atoms with van der Waals surface area (Å²) in [5, 5.41) is 7.33. The number of ether oxygens (including phenoxy) is 1. The van der Waals surface area contributed by atoms with Gasteiger partial charge in [-0.1, -0.05) is 48.2 Å². The quantitative estimate of drug-likeness (QED) is 0.395. The van der Waals surface area contributed by atoms with E-state index in [0.29, 0.717) is 5.69 Å². The maximum Gasteiger partial charge on any atom is 0.276 e. The van der Waals surface area contributed by atoms with Crippen molar-refractivity contribution in [3.63, 3.8) is 0 Å². The number of nitrogens with one attached hydrogen (secondary N) is 1. The third kappa shape index (κ3) is 5.55. The Hall–Kier alpha value is -3.51. The van der Waals surface area contributed by atoms with Crippen LogP contribution < -0.4 is 10.1 Å². The molecule has 4 rings (SSSR count). The molecular weight excluding hydrogens is 406 g/mol. The van der Waals surface area contributed by atoms with E-state index in [1.54, 1.807) is 28.7 Å². The van der Waals surface area contributed by atoms with Crippen LogP contribution in [0.4, 0.5) is 5.69 Å². The maximum absolute atomic E-state index is 12.8. The topological polar surface area (TPSA) is 56.1 Å². The number of hydrogen-bond donors (Lipinski definition) is 1. The minimum Gasteiger partial charge on any atom is -0.471 e. The van der Waals surface area contributed by atoms with Gasteiger partial charge in [-0.05, 0) is 67.4 Å². The van der Waals surface area contributed by atoms with E-state index < -0.39 is 0 Å². The number of anilines is 1. The number of benzene rings is 3. The summed E-state index contributed by atoms with van der Waals surface area (Å²) in [6.07, 6.45) is 1.74. The van der Waals surface area contributed by atoms with E-state index in [0.717, 1.165) is 32.4 Å². The van der Waals surface area contributed by atoms with E-state index in [4.69, 9.17) is 4.74 Å². The highest BCUT2D eigenvalue weighted by Crippen LogP contribution is 2.33. The van der Waals surface area contributed by atoms with Crippen molar-refractivity contribution in [2.75, 3.05) is 5.32 Å². The highest BCUT2D eigenvalue weighted by Gasteiger charge is 2.13. The predicted octanol–water partition coefficient (Wildman–Crippen LogP) is 5.94. The second-order valence-corrected chi connectivity index (χ2v) is 8.32. The lowest BCUT2D eigenvalue weighted by Crippen LogP contribution is -2.14. The van der Waals surface area contributed by atoms with Crippen molar-refractivity contribution < 1.29 is 9.53 Å². The zero-order valence-electron chi connectivity index (χ0n) is 17.4. The molecule has 31 heavy (non-hydrogen) atoms. The summed E-state index contributed by atoms with van der Waals surface area (Å²) < 4.78 is 7.42. The van der Waals surface area contributed by atoms with Crippen LogP contribution >= 0.6 is 11.8 Å². The summed E-state index contributed by atoms with van der Waals surface area (Å²) in [4.78, 5) is 14.8. The fourth-order valence-electron chi connectivity index (χ4n) is 3.17. The number of hydrogen-bond acceptors (Lipinski definition) is 4. The van der Waals surface area contributed by atoms with E-state index in [9.17, 15) is 4.79 Å². The number of aryl methyl sites for hydroxylation is 2. The molecule has 0 aliphatic carbocycles. The van der Waals surface area contributed by atoms with Crippen LogP contribution in [0.15, 0.2) is 94.9 Å². The Labute approximate surface area is 186 Å². The molecule has 0 bridgehead atoms. The fourth-order valence-corrected chi connectivity index (χ4v) is 4.10. The summed E-state index contributed by atoms with van der Waals surface area (Å²) in [5.41, 5.74) is 3.37. The van der Waals surface area contributed by atoms with E-state index in [-0.39, 0.29) is 12.6 Å². The monoisotopic (exact) mass is 429 g/mol. The van der Waals surface area contributed by atoms with Crippen LogP contribution in [0, 0.1) is 13.8 Å². The number of nitrogens with zero attached hydrogens (tertiary/aromatic N) is 2. The summed E-state index contributed by atoms with van der Waals surface area (Å²) in [7, 11) is 0. The van der Waals surface area contributed by atoms with Crippen LogP contribution in [0.25, 0.3) is 0 Å². The minimum atomic E-state index is -0.258. The highest BCUT2D eigenvalue weighted by atomic mass is 32.2. The van der Waals surface area contributed by atoms with Gasteiger partial charge in [0.15, 0.2) is 12.4 Å². The first-order valence-corrected chi connectivity index (χ1v) is 10.8. The molecule has 0 aliphatic heterocycles. The minimum absolute atomic E-state index is 0.233. The Morgan fingerprint density at radius 1 is 0.968 bits per heavy atom. The van der Waals surface area contributed by atoms with Gasteiger partial charge in [-0.25, -0.2) is 4.68 Å². The number of amides is 1. The van der Waals surface area contributed by atoms with Gasteiger partial charge in [0.2, 0.25) is 0 Å². The normalized spacial score (nSPS) is 10.6. The molecule has 0 atom stereocenters. The molecule has 156 valence electrons. The zero-order chi connectivity index (χ0) is 21.6. The first-order chi connectivity index (χ1) is 15.1. The average molecular weight is 430 g/mol. The number of aromatic nitrogens is 2. The smallest absolute Gasteiger partial charge is 0.276 e. The lowest BCUT2D eigenvalue weighted by molar-refractivity contribution is 0.102. The molecule has 1 aromatic heterocycles. The molecule has 3 aromatic carbocycles. The number of carbonyl (C=O) groups excluding carboxylic acids is 1. The zero-order valence-corrected chi connectivity index (χ0v) is 18.2. The summed E-state index contributed by atoms with van der Waals surface area (Å²) in [6.45, 7) is 4.30. The van der Waals surface area contributed by atoms with Gasteiger partial charge >= 0.3 is 0 Å². The molecule has 0 radical (unpaired) electrons. The molecule has 0 saturated heterocycles. The molecule has 1 amide bonds. The second-order valence-electron chi connectivity index (χ2n) is 7.20. The molecule has 5 nitrogen and oxygen atoms in total. The van der Waals surface area contributed by atoms with Crippen LogP contribution in [-0.2, 0) is 6.73 Å². The Bertz CT molecular complexity index is 1170. The van der Waals surface area contributed by atoms with E-state index in [1.807, 2.05) is 80.6 Å². The van der Waals surface area contributed by atoms with Gasteiger partial charge < -0.3 is 10.1 Å². The molecule has 0 saturated carbocycles. The molecule has 0 aliphatic rings. The van der Waals surface area contributed by atoms with E-state index in [1.165, 1.54) is 0 Å². The number of rotatable bonds is 7. The summed E-state index contributed by atoms with van der Waals surface area (Å²) in [5.74, 6) is 0.525. The van der Waals surface area contributed by atoms with Gasteiger partial charge in [0.25, 0.3) is 5.91 Å². The van der Waals surface area contributed by atoms with Gasteiger partial charge in [-0.3, -0.25) is 4.79 Å². The Morgan fingerprint density at radius 3 is 2.45 bits per heavy atom. The SMILES string of the molecule is Cc1cc(C)cc(OCn2ccc(C(=O)Nc3ccccc3Sc3ccccc3)n2)c1. The van der Waals surface area contributed by atoms with Crippen molar-refractivity contribution in [1.29, 1.82) is 0 Å². The van der Waals surface area contributed by atoms with Crippen LogP contribution in [0.1, 0.15) is 21.6 Å². The van der Waals surface area contributed by atoms with Crippen molar-refractivity contribution in [2.24, 2.45) is 0 Å². The third-order valence-electron chi connectivity index (χ3n) is 4.54. The Balaban J connectivity index is 1.41. The van der Waals surface area contributed by atoms with E-state index in [2.05, 4.69) is 16.5 Å². The molecule has 1 N–H and O–H groups in total. The van der Waals surface area contributed by atoms with Crippen molar-refractivity contribution in [2.45, 2.75) is 30.4 Å². The predicted molar refractivity (Wildman–Crippen MR) is 124 cm³/mol. The Kier molecular flexibility index (Phi) is 6.38. The molecule has 0 unspecified atom stereocenters. The van der Waals surface area contributed by atoms with Crippen molar-refractivity contribution in [3.8, 4) is 5.75 Å². The first-order valence-electron chi connectivity index (χ1n) is 9.95. The number of carbonyl (C=O) groups is 1. The summed E-state index contributed by atoms with van der Waals surface area (Å²) >= 11 is 1.60. The average Bonchev–Trinajstić information content (AvgIpc) is 3.23. The second kappa shape index (κ2) is 9.53. The van der Waals surface area contributed by atoms with Crippen LogP contribution in [0.2, 0.25) is 0 Å². The molecule has 0 fully saturated rings. The van der Waals surface area contributed by atoms with Gasteiger partial charge in [-0.2, -0.15) is 5.10 Å².